The summed E-state index contributed by atoms with van der Waals surface area (Å²) in [6.07, 6.45) is 4.02. The van der Waals surface area contributed by atoms with Crippen LogP contribution in [0.1, 0.15) is 74.0 Å². The summed E-state index contributed by atoms with van der Waals surface area (Å²) in [4.78, 5) is 12.8. The van der Waals surface area contributed by atoms with Crippen molar-refractivity contribution in [3.8, 4) is 23.0 Å². The molecule has 0 unspecified atom stereocenters. The van der Waals surface area contributed by atoms with E-state index in [0.717, 1.165) is 24.0 Å². The fourth-order valence-electron chi connectivity index (χ4n) is 3.75. The summed E-state index contributed by atoms with van der Waals surface area (Å²) in [7, 11) is 0. The third-order valence-corrected chi connectivity index (χ3v) is 5.54. The number of phenols is 3. The molecule has 1 aliphatic heterocycles. The van der Waals surface area contributed by atoms with Crippen molar-refractivity contribution in [2.45, 2.75) is 64.6 Å². The average molecular weight is 427 g/mol. The molecular weight excluding hydrogens is 396 g/mol. The molecule has 0 saturated carbocycles. The van der Waals surface area contributed by atoms with E-state index in [1.807, 2.05) is 13.0 Å². The lowest BCUT2D eigenvalue weighted by molar-refractivity contribution is 0.0689. The number of allylic oxidation sites excluding steroid dienone is 2. The predicted octanol–water partition coefficient (Wildman–Crippen LogP) is 4.94. The second-order valence-electron chi connectivity index (χ2n) is 8.84. The first kappa shape index (κ1) is 22.7. The van der Waals surface area contributed by atoms with Gasteiger partial charge in [-0.1, -0.05) is 23.8 Å². The number of Topliss-reactive ketones (excluding diaryl/α,β-unsaturated/α-hetero) is 1. The summed E-state index contributed by atoms with van der Waals surface area (Å²) in [6.45, 7) is 5.52. The maximum Gasteiger partial charge on any atom is 0.174 e. The topological polar surface area (TPSA) is 107 Å². The molecule has 6 heteroatoms. The Morgan fingerprint density at radius 1 is 1.19 bits per heavy atom. The molecule has 0 spiro atoms. The monoisotopic (exact) mass is 426 g/mol. The average Bonchev–Trinajstić information content (AvgIpc) is 2.66. The van der Waals surface area contributed by atoms with E-state index in [-0.39, 0.29) is 47.2 Å². The molecule has 0 radical (unpaired) electrons. The van der Waals surface area contributed by atoms with Gasteiger partial charge in [0.25, 0.3) is 0 Å². The Kier molecular flexibility index (Phi) is 6.60. The van der Waals surface area contributed by atoms with Gasteiger partial charge in [-0.15, -0.1) is 0 Å². The highest BCUT2D eigenvalue weighted by Crippen LogP contribution is 2.44. The van der Waals surface area contributed by atoms with Crippen molar-refractivity contribution in [2.24, 2.45) is 0 Å². The van der Waals surface area contributed by atoms with E-state index in [4.69, 9.17) is 4.74 Å². The number of hydrogen-bond acceptors (Lipinski definition) is 6. The minimum atomic E-state index is -0.701. The third-order valence-electron chi connectivity index (χ3n) is 5.54. The van der Waals surface area contributed by atoms with Gasteiger partial charge >= 0.3 is 0 Å². The van der Waals surface area contributed by atoms with E-state index >= 15 is 0 Å². The molecular formula is C25H30O6. The molecule has 0 aliphatic carbocycles. The number of aliphatic hydroxyl groups is 1. The maximum atomic E-state index is 12.8. The standard InChI is InChI=1S/C25H30O6/c1-15(5-4-12-25(2,3)30)6-11-18-19(27)13-22-23(24(18)29)20(28)14-21(31-22)16-7-9-17(26)10-8-16/h6-10,13,21,26-27,29-30H,4-5,11-12,14H2,1-3H3/t21-/m0/s1. The Morgan fingerprint density at radius 2 is 1.87 bits per heavy atom. The van der Waals surface area contributed by atoms with Crippen molar-refractivity contribution >= 4 is 5.78 Å². The summed E-state index contributed by atoms with van der Waals surface area (Å²) in [5, 5.41) is 40.5. The lowest BCUT2D eigenvalue weighted by Crippen LogP contribution is -2.20. The van der Waals surface area contributed by atoms with E-state index in [0.29, 0.717) is 12.0 Å². The van der Waals surface area contributed by atoms with Crippen LogP contribution in [-0.2, 0) is 6.42 Å². The molecule has 166 valence electrons. The van der Waals surface area contributed by atoms with Gasteiger partial charge in [-0.25, -0.2) is 0 Å². The first-order valence-corrected chi connectivity index (χ1v) is 10.5. The van der Waals surface area contributed by atoms with Gasteiger partial charge in [0.15, 0.2) is 5.78 Å². The number of carbonyl (C=O) groups excluding carboxylic acids is 1. The van der Waals surface area contributed by atoms with Gasteiger partial charge in [0, 0.05) is 11.6 Å². The number of benzene rings is 2. The lowest BCUT2D eigenvalue weighted by atomic mass is 9.92. The highest BCUT2D eigenvalue weighted by molar-refractivity contribution is 6.03. The Bertz CT molecular complexity index is 983. The van der Waals surface area contributed by atoms with Crippen molar-refractivity contribution < 1.29 is 30.0 Å². The summed E-state index contributed by atoms with van der Waals surface area (Å²) in [6, 6.07) is 7.78. The quantitative estimate of drug-likeness (QED) is 0.467. The largest absolute Gasteiger partial charge is 0.508 e. The van der Waals surface area contributed by atoms with Gasteiger partial charge in [-0.2, -0.15) is 0 Å². The first-order valence-electron chi connectivity index (χ1n) is 10.5. The predicted molar refractivity (Wildman–Crippen MR) is 118 cm³/mol. The van der Waals surface area contributed by atoms with Crippen LogP contribution in [0.2, 0.25) is 0 Å². The lowest BCUT2D eigenvalue weighted by Gasteiger charge is -2.27. The molecule has 2 aromatic rings. The van der Waals surface area contributed by atoms with Gasteiger partial charge in [-0.3, -0.25) is 4.79 Å². The second kappa shape index (κ2) is 9.02. The zero-order valence-electron chi connectivity index (χ0n) is 18.2. The number of phenolic OH excluding ortho intramolecular Hbond substituents is 3. The van der Waals surface area contributed by atoms with Crippen molar-refractivity contribution in [2.75, 3.05) is 0 Å². The summed E-state index contributed by atoms with van der Waals surface area (Å²) in [5.41, 5.74) is 1.49. The SMILES string of the molecule is CC(=CCc1c(O)cc2c(c1O)C(=O)C[C@@H](c1ccc(O)cc1)O2)CCCC(C)(C)O. The van der Waals surface area contributed by atoms with Crippen LogP contribution in [0.3, 0.4) is 0 Å². The molecule has 6 nitrogen and oxygen atoms in total. The van der Waals surface area contributed by atoms with Crippen LogP contribution in [-0.4, -0.2) is 31.8 Å². The number of rotatable bonds is 7. The molecule has 4 N–H and O–H groups in total. The Balaban J connectivity index is 1.77. The smallest absolute Gasteiger partial charge is 0.174 e. The molecule has 1 atom stereocenters. The van der Waals surface area contributed by atoms with E-state index in [1.165, 1.54) is 18.2 Å². The molecule has 0 amide bonds. The zero-order valence-corrected chi connectivity index (χ0v) is 18.2. The van der Waals surface area contributed by atoms with Crippen LogP contribution in [0.4, 0.5) is 0 Å². The Hall–Kier alpha value is -2.99. The van der Waals surface area contributed by atoms with Crippen LogP contribution < -0.4 is 4.74 Å². The van der Waals surface area contributed by atoms with E-state index < -0.39 is 11.7 Å². The molecule has 0 fully saturated rings. The van der Waals surface area contributed by atoms with Crippen LogP contribution in [0, 0.1) is 0 Å². The molecule has 0 aromatic heterocycles. The minimum absolute atomic E-state index is 0.0569. The van der Waals surface area contributed by atoms with Gasteiger partial charge in [0.05, 0.1) is 12.0 Å². The second-order valence-corrected chi connectivity index (χ2v) is 8.84. The summed E-state index contributed by atoms with van der Waals surface area (Å²) in [5.74, 6) is -0.363. The van der Waals surface area contributed by atoms with Gasteiger partial charge in [0.2, 0.25) is 0 Å². The normalized spacial score (nSPS) is 16.7. The van der Waals surface area contributed by atoms with Crippen molar-refractivity contribution in [1.82, 2.24) is 0 Å². The molecule has 0 bridgehead atoms. The molecule has 3 rings (SSSR count). The number of ketones is 1. The summed E-state index contributed by atoms with van der Waals surface area (Å²) >= 11 is 0. The van der Waals surface area contributed by atoms with Gasteiger partial charge in [0.1, 0.15) is 34.7 Å². The van der Waals surface area contributed by atoms with Crippen LogP contribution in [0.25, 0.3) is 0 Å². The Morgan fingerprint density at radius 3 is 2.52 bits per heavy atom. The molecule has 2 aromatic carbocycles. The maximum absolute atomic E-state index is 12.8. The molecule has 1 aliphatic rings. The van der Waals surface area contributed by atoms with Crippen molar-refractivity contribution in [3.63, 3.8) is 0 Å². The zero-order chi connectivity index (χ0) is 22.8. The van der Waals surface area contributed by atoms with Crippen LogP contribution >= 0.6 is 0 Å². The fourth-order valence-corrected chi connectivity index (χ4v) is 3.75. The highest BCUT2D eigenvalue weighted by atomic mass is 16.5. The summed E-state index contributed by atoms with van der Waals surface area (Å²) < 4.78 is 5.89. The molecule has 1 heterocycles. The van der Waals surface area contributed by atoms with E-state index in [1.54, 1.807) is 26.0 Å². The van der Waals surface area contributed by atoms with Crippen molar-refractivity contribution in [3.05, 3.63) is 58.7 Å². The third kappa shape index (κ3) is 5.58. The van der Waals surface area contributed by atoms with Gasteiger partial charge < -0.3 is 25.2 Å². The number of fused-ring (bicyclic) bond motifs is 1. The number of aromatic hydroxyl groups is 3. The van der Waals surface area contributed by atoms with Crippen LogP contribution in [0.5, 0.6) is 23.0 Å². The number of hydrogen-bond donors (Lipinski definition) is 4. The first-order chi connectivity index (χ1) is 14.5. The van der Waals surface area contributed by atoms with Crippen LogP contribution in [0.15, 0.2) is 42.0 Å². The van der Waals surface area contributed by atoms with Crippen molar-refractivity contribution in [1.29, 1.82) is 0 Å². The number of ether oxygens (including phenoxy) is 1. The van der Waals surface area contributed by atoms with E-state index in [2.05, 4.69) is 0 Å². The Labute approximate surface area is 182 Å². The molecule has 31 heavy (non-hydrogen) atoms. The molecule has 0 saturated heterocycles. The highest BCUT2D eigenvalue weighted by Gasteiger charge is 2.32. The number of carbonyl (C=O) groups is 1. The fraction of sp³-hybridized carbons (Fsp3) is 0.400. The minimum Gasteiger partial charge on any atom is -0.508 e. The van der Waals surface area contributed by atoms with E-state index in [9.17, 15) is 25.2 Å². The van der Waals surface area contributed by atoms with Gasteiger partial charge in [-0.05, 0) is 64.2 Å².